The van der Waals surface area contributed by atoms with Gasteiger partial charge in [-0.15, -0.1) is 0 Å². The van der Waals surface area contributed by atoms with Crippen molar-refractivity contribution in [3.8, 4) is 5.75 Å². The van der Waals surface area contributed by atoms with E-state index in [0.29, 0.717) is 5.02 Å². The van der Waals surface area contributed by atoms with Crippen molar-refractivity contribution in [3.63, 3.8) is 0 Å². The molecule has 0 saturated carbocycles. The third-order valence-electron chi connectivity index (χ3n) is 2.84. The summed E-state index contributed by atoms with van der Waals surface area (Å²) >= 11 is 6.00. The Morgan fingerprint density at radius 3 is 2.29 bits per heavy atom. The second-order valence-electron chi connectivity index (χ2n) is 4.40. The minimum Gasteiger partial charge on any atom is -0.492 e. The molecule has 1 rings (SSSR count). The Kier molecular flexibility index (Phi) is 7.91. The van der Waals surface area contributed by atoms with Gasteiger partial charge in [0.2, 0.25) is 0 Å². The lowest BCUT2D eigenvalue weighted by Gasteiger charge is -2.07. The SMILES string of the molecule is CCCCCCCCCOc1ccccc1Cl. The van der Waals surface area contributed by atoms with E-state index < -0.39 is 0 Å². The van der Waals surface area contributed by atoms with Gasteiger partial charge in [0.25, 0.3) is 0 Å². The summed E-state index contributed by atoms with van der Waals surface area (Å²) in [6, 6.07) is 7.65. The molecule has 0 aliphatic heterocycles. The molecule has 0 atom stereocenters. The van der Waals surface area contributed by atoms with Crippen LogP contribution in [0.15, 0.2) is 24.3 Å². The van der Waals surface area contributed by atoms with Crippen LogP contribution in [0.3, 0.4) is 0 Å². The van der Waals surface area contributed by atoms with Gasteiger partial charge < -0.3 is 4.74 Å². The predicted molar refractivity (Wildman–Crippen MR) is 74.9 cm³/mol. The monoisotopic (exact) mass is 254 g/mol. The summed E-state index contributed by atoms with van der Waals surface area (Å²) in [5.74, 6) is 0.806. The average molecular weight is 255 g/mol. The van der Waals surface area contributed by atoms with Gasteiger partial charge >= 0.3 is 0 Å². The molecule has 0 amide bonds. The molecule has 17 heavy (non-hydrogen) atoms. The van der Waals surface area contributed by atoms with Crippen molar-refractivity contribution in [1.82, 2.24) is 0 Å². The Morgan fingerprint density at radius 1 is 0.941 bits per heavy atom. The van der Waals surface area contributed by atoms with Crippen LogP contribution in [0.2, 0.25) is 5.02 Å². The zero-order chi connectivity index (χ0) is 12.3. The fourth-order valence-corrected chi connectivity index (χ4v) is 1.99. The van der Waals surface area contributed by atoms with Gasteiger partial charge in [0.1, 0.15) is 5.75 Å². The first-order valence-corrected chi connectivity index (χ1v) is 7.09. The first-order chi connectivity index (χ1) is 8.34. The summed E-state index contributed by atoms with van der Waals surface area (Å²) in [7, 11) is 0. The van der Waals surface area contributed by atoms with Crippen molar-refractivity contribution in [2.24, 2.45) is 0 Å². The molecular formula is C15H23ClO. The summed E-state index contributed by atoms with van der Waals surface area (Å²) in [5, 5.41) is 0.704. The van der Waals surface area contributed by atoms with Crippen LogP contribution in [0.1, 0.15) is 51.9 Å². The Hall–Kier alpha value is -0.690. The molecule has 0 unspecified atom stereocenters. The summed E-state index contributed by atoms with van der Waals surface area (Å²) in [6.45, 7) is 3.02. The highest BCUT2D eigenvalue weighted by molar-refractivity contribution is 6.32. The second kappa shape index (κ2) is 9.35. The molecule has 0 radical (unpaired) electrons. The Labute approximate surface area is 110 Å². The number of rotatable bonds is 9. The smallest absolute Gasteiger partial charge is 0.137 e. The molecule has 0 fully saturated rings. The standard InChI is InChI=1S/C15H23ClO/c1-2-3-4-5-6-7-10-13-17-15-12-9-8-11-14(15)16/h8-9,11-12H,2-7,10,13H2,1H3. The largest absolute Gasteiger partial charge is 0.492 e. The van der Waals surface area contributed by atoms with Crippen LogP contribution in [0.4, 0.5) is 0 Å². The van der Waals surface area contributed by atoms with Crippen LogP contribution in [0.25, 0.3) is 0 Å². The van der Waals surface area contributed by atoms with Crippen LogP contribution in [-0.2, 0) is 0 Å². The number of para-hydroxylation sites is 1. The summed E-state index contributed by atoms with van der Waals surface area (Å²) < 4.78 is 5.63. The number of ether oxygens (including phenoxy) is 1. The normalized spacial score (nSPS) is 10.5. The topological polar surface area (TPSA) is 9.23 Å². The molecule has 0 aliphatic carbocycles. The van der Waals surface area contributed by atoms with Gasteiger partial charge in [0.05, 0.1) is 11.6 Å². The van der Waals surface area contributed by atoms with Crippen molar-refractivity contribution >= 4 is 11.6 Å². The maximum Gasteiger partial charge on any atom is 0.137 e. The lowest BCUT2D eigenvalue weighted by molar-refractivity contribution is 0.304. The quantitative estimate of drug-likeness (QED) is 0.531. The summed E-state index contributed by atoms with van der Waals surface area (Å²) in [6.07, 6.45) is 9.13. The maximum absolute atomic E-state index is 6.00. The highest BCUT2D eigenvalue weighted by Crippen LogP contribution is 2.23. The van der Waals surface area contributed by atoms with Crippen molar-refractivity contribution in [1.29, 1.82) is 0 Å². The lowest BCUT2D eigenvalue weighted by atomic mass is 10.1. The number of benzene rings is 1. The van der Waals surface area contributed by atoms with E-state index >= 15 is 0 Å². The fraction of sp³-hybridized carbons (Fsp3) is 0.600. The first-order valence-electron chi connectivity index (χ1n) is 6.72. The molecule has 0 aliphatic rings. The minimum atomic E-state index is 0.704. The zero-order valence-electron chi connectivity index (χ0n) is 10.8. The fourth-order valence-electron chi connectivity index (χ4n) is 1.80. The van der Waals surface area contributed by atoms with Gasteiger partial charge in [-0.3, -0.25) is 0 Å². The zero-order valence-corrected chi connectivity index (χ0v) is 11.5. The Balaban J connectivity index is 1.99. The Bertz CT molecular complexity index is 299. The van der Waals surface area contributed by atoms with Crippen molar-refractivity contribution in [2.75, 3.05) is 6.61 Å². The number of hydrogen-bond acceptors (Lipinski definition) is 1. The molecule has 0 N–H and O–H groups in total. The van der Waals surface area contributed by atoms with Crippen LogP contribution >= 0.6 is 11.6 Å². The summed E-state index contributed by atoms with van der Waals surface area (Å²) in [5.41, 5.74) is 0. The molecular weight excluding hydrogens is 232 g/mol. The number of unbranched alkanes of at least 4 members (excludes halogenated alkanes) is 6. The van der Waals surface area contributed by atoms with E-state index in [9.17, 15) is 0 Å². The molecule has 0 spiro atoms. The molecule has 0 saturated heterocycles. The number of hydrogen-bond donors (Lipinski definition) is 0. The highest BCUT2D eigenvalue weighted by atomic mass is 35.5. The summed E-state index contributed by atoms with van der Waals surface area (Å²) in [4.78, 5) is 0. The van der Waals surface area contributed by atoms with Gasteiger partial charge in [-0.2, -0.15) is 0 Å². The molecule has 96 valence electrons. The van der Waals surface area contributed by atoms with E-state index in [1.54, 1.807) is 0 Å². The van der Waals surface area contributed by atoms with E-state index in [1.807, 2.05) is 24.3 Å². The molecule has 1 aromatic carbocycles. The third kappa shape index (κ3) is 6.58. The van der Waals surface area contributed by atoms with Crippen molar-refractivity contribution < 1.29 is 4.74 Å². The highest BCUT2D eigenvalue weighted by Gasteiger charge is 1.98. The lowest BCUT2D eigenvalue weighted by Crippen LogP contribution is -1.97. The molecule has 0 bridgehead atoms. The molecule has 1 nitrogen and oxygen atoms in total. The van der Waals surface area contributed by atoms with Crippen molar-refractivity contribution in [3.05, 3.63) is 29.3 Å². The van der Waals surface area contributed by atoms with Crippen LogP contribution in [0.5, 0.6) is 5.75 Å². The van der Waals surface area contributed by atoms with Gasteiger partial charge in [0, 0.05) is 0 Å². The van der Waals surface area contributed by atoms with Crippen LogP contribution in [0, 0.1) is 0 Å². The maximum atomic E-state index is 6.00. The van der Waals surface area contributed by atoms with Gasteiger partial charge in [-0.05, 0) is 18.6 Å². The molecule has 0 heterocycles. The van der Waals surface area contributed by atoms with E-state index in [1.165, 1.54) is 38.5 Å². The minimum absolute atomic E-state index is 0.704. The molecule has 0 aromatic heterocycles. The van der Waals surface area contributed by atoms with Gasteiger partial charge in [-0.25, -0.2) is 0 Å². The predicted octanol–water partition coefficient (Wildman–Crippen LogP) is 5.47. The molecule has 2 heteroatoms. The Morgan fingerprint density at radius 2 is 1.59 bits per heavy atom. The van der Waals surface area contributed by atoms with E-state index in [2.05, 4.69) is 6.92 Å². The second-order valence-corrected chi connectivity index (χ2v) is 4.81. The van der Waals surface area contributed by atoms with Gasteiger partial charge in [0.15, 0.2) is 0 Å². The first kappa shape index (κ1) is 14.4. The van der Waals surface area contributed by atoms with E-state index in [4.69, 9.17) is 16.3 Å². The van der Waals surface area contributed by atoms with Crippen LogP contribution in [-0.4, -0.2) is 6.61 Å². The third-order valence-corrected chi connectivity index (χ3v) is 3.15. The number of halogens is 1. The van der Waals surface area contributed by atoms with E-state index in [-0.39, 0.29) is 0 Å². The average Bonchev–Trinajstić information content (AvgIpc) is 2.35. The van der Waals surface area contributed by atoms with Gasteiger partial charge in [-0.1, -0.05) is 69.2 Å². The van der Waals surface area contributed by atoms with Crippen LogP contribution < -0.4 is 4.74 Å². The van der Waals surface area contributed by atoms with Crippen molar-refractivity contribution in [2.45, 2.75) is 51.9 Å². The molecule has 1 aromatic rings. The van der Waals surface area contributed by atoms with E-state index in [0.717, 1.165) is 18.8 Å².